The van der Waals surface area contributed by atoms with Crippen LogP contribution in [0.3, 0.4) is 0 Å². The molecule has 0 aliphatic heterocycles. The highest BCUT2D eigenvalue weighted by Gasteiger charge is 2.23. The molecule has 8 heteroatoms. The quantitative estimate of drug-likeness (QED) is 0.468. The maximum atomic E-state index is 12.8. The maximum absolute atomic E-state index is 12.8. The van der Waals surface area contributed by atoms with E-state index in [-0.39, 0.29) is 5.56 Å². The van der Waals surface area contributed by atoms with Crippen molar-refractivity contribution in [2.24, 2.45) is 0 Å². The first-order chi connectivity index (χ1) is 14.5. The molecule has 0 fully saturated rings. The lowest BCUT2D eigenvalue weighted by Gasteiger charge is -2.14. The van der Waals surface area contributed by atoms with E-state index in [1.165, 1.54) is 13.1 Å². The SMILES string of the molecule is CC(OC(=O)c1ccccc1-c1nc2ccccc2o1)C(=O)Nc1ccc(Cl)cn1. The van der Waals surface area contributed by atoms with Crippen molar-refractivity contribution in [2.75, 3.05) is 5.32 Å². The van der Waals surface area contributed by atoms with Gasteiger partial charge in [-0.05, 0) is 43.3 Å². The Morgan fingerprint density at radius 3 is 2.60 bits per heavy atom. The molecule has 2 heterocycles. The molecule has 0 radical (unpaired) electrons. The zero-order valence-corrected chi connectivity index (χ0v) is 16.6. The molecule has 4 rings (SSSR count). The smallest absolute Gasteiger partial charge is 0.339 e. The summed E-state index contributed by atoms with van der Waals surface area (Å²) in [6, 6.07) is 17.2. The van der Waals surface area contributed by atoms with E-state index in [2.05, 4.69) is 15.3 Å². The van der Waals surface area contributed by atoms with E-state index in [4.69, 9.17) is 20.8 Å². The molecule has 2 aromatic heterocycles. The van der Waals surface area contributed by atoms with Gasteiger partial charge in [-0.15, -0.1) is 0 Å². The van der Waals surface area contributed by atoms with Gasteiger partial charge in [-0.3, -0.25) is 4.79 Å². The van der Waals surface area contributed by atoms with Crippen LogP contribution in [-0.4, -0.2) is 27.9 Å². The number of pyridine rings is 1. The van der Waals surface area contributed by atoms with Gasteiger partial charge in [0.2, 0.25) is 5.89 Å². The normalized spacial score (nSPS) is 11.8. The van der Waals surface area contributed by atoms with E-state index in [1.54, 1.807) is 42.5 Å². The predicted octanol–water partition coefficient (Wildman–Crippen LogP) is 4.73. The fraction of sp³-hybridized carbons (Fsp3) is 0.0909. The molecule has 2 aromatic carbocycles. The van der Waals surface area contributed by atoms with E-state index < -0.39 is 18.0 Å². The van der Waals surface area contributed by atoms with Crippen LogP contribution in [0, 0.1) is 0 Å². The van der Waals surface area contributed by atoms with Crippen LogP contribution in [0.15, 0.2) is 71.3 Å². The van der Waals surface area contributed by atoms with Gasteiger partial charge in [0, 0.05) is 6.20 Å². The molecule has 0 saturated carbocycles. The number of aromatic nitrogens is 2. The number of fused-ring (bicyclic) bond motifs is 1. The standard InChI is InChI=1S/C22H16ClN3O4/c1-13(20(27)26-19-11-10-14(23)12-24-19)29-22(28)16-7-3-2-6-15(16)21-25-17-8-4-5-9-18(17)30-21/h2-13H,1H3,(H,24,26,27). The van der Waals surface area contributed by atoms with Gasteiger partial charge in [0.15, 0.2) is 11.7 Å². The molecular formula is C22H16ClN3O4. The van der Waals surface area contributed by atoms with Crippen molar-refractivity contribution in [3.63, 3.8) is 0 Å². The van der Waals surface area contributed by atoms with Crippen molar-refractivity contribution in [1.29, 1.82) is 0 Å². The van der Waals surface area contributed by atoms with E-state index in [0.29, 0.717) is 33.4 Å². The maximum Gasteiger partial charge on any atom is 0.339 e. The van der Waals surface area contributed by atoms with Gasteiger partial charge in [0.05, 0.1) is 16.1 Å². The number of amides is 1. The zero-order chi connectivity index (χ0) is 21.1. The third-order valence-electron chi connectivity index (χ3n) is 4.30. The van der Waals surface area contributed by atoms with Gasteiger partial charge < -0.3 is 14.5 Å². The van der Waals surface area contributed by atoms with Crippen LogP contribution < -0.4 is 5.32 Å². The number of nitrogens with zero attached hydrogens (tertiary/aromatic N) is 2. The molecule has 1 atom stereocenters. The highest BCUT2D eigenvalue weighted by Crippen LogP contribution is 2.27. The first-order valence-electron chi connectivity index (χ1n) is 9.09. The monoisotopic (exact) mass is 421 g/mol. The highest BCUT2D eigenvalue weighted by atomic mass is 35.5. The number of esters is 1. The second-order valence-electron chi connectivity index (χ2n) is 6.43. The van der Waals surface area contributed by atoms with Crippen molar-refractivity contribution < 1.29 is 18.7 Å². The highest BCUT2D eigenvalue weighted by molar-refractivity contribution is 6.30. The van der Waals surface area contributed by atoms with Crippen LogP contribution in [0.4, 0.5) is 5.82 Å². The Kier molecular flexibility index (Phi) is 5.45. The Hall–Kier alpha value is -3.71. The first kappa shape index (κ1) is 19.6. The van der Waals surface area contributed by atoms with Crippen LogP contribution >= 0.6 is 11.6 Å². The van der Waals surface area contributed by atoms with E-state index >= 15 is 0 Å². The number of hydrogen-bond acceptors (Lipinski definition) is 6. The predicted molar refractivity (Wildman–Crippen MR) is 112 cm³/mol. The average molecular weight is 422 g/mol. The Morgan fingerprint density at radius 1 is 1.07 bits per heavy atom. The minimum Gasteiger partial charge on any atom is -0.449 e. The summed E-state index contributed by atoms with van der Waals surface area (Å²) in [6.45, 7) is 1.48. The molecule has 0 bridgehead atoms. The number of carbonyl (C=O) groups excluding carboxylic acids is 2. The molecule has 0 aliphatic rings. The van der Waals surface area contributed by atoms with E-state index in [1.807, 2.05) is 18.2 Å². The molecule has 1 N–H and O–H groups in total. The molecule has 1 amide bonds. The minimum absolute atomic E-state index is 0.244. The molecule has 150 valence electrons. The number of ether oxygens (including phenoxy) is 1. The molecule has 30 heavy (non-hydrogen) atoms. The molecular weight excluding hydrogens is 406 g/mol. The molecule has 4 aromatic rings. The third-order valence-corrected chi connectivity index (χ3v) is 4.53. The van der Waals surface area contributed by atoms with Crippen molar-refractivity contribution in [3.05, 3.63) is 77.4 Å². The molecule has 0 aliphatic carbocycles. The second-order valence-corrected chi connectivity index (χ2v) is 6.87. The van der Waals surface area contributed by atoms with Crippen molar-refractivity contribution >= 4 is 40.4 Å². The summed E-state index contributed by atoms with van der Waals surface area (Å²) in [5.41, 5.74) is 2.01. The Bertz CT molecular complexity index is 1190. The molecule has 1 unspecified atom stereocenters. The Morgan fingerprint density at radius 2 is 1.83 bits per heavy atom. The van der Waals surface area contributed by atoms with Gasteiger partial charge in [0.25, 0.3) is 5.91 Å². The van der Waals surface area contributed by atoms with Crippen molar-refractivity contribution in [1.82, 2.24) is 9.97 Å². The number of benzene rings is 2. The largest absolute Gasteiger partial charge is 0.449 e. The van der Waals surface area contributed by atoms with E-state index in [0.717, 1.165) is 0 Å². The molecule has 0 spiro atoms. The minimum atomic E-state index is -1.05. The Balaban J connectivity index is 1.52. The van der Waals surface area contributed by atoms with Crippen LogP contribution in [0.2, 0.25) is 5.02 Å². The topological polar surface area (TPSA) is 94.3 Å². The number of halogens is 1. The van der Waals surface area contributed by atoms with Gasteiger partial charge in [0.1, 0.15) is 11.3 Å². The second kappa shape index (κ2) is 8.34. The summed E-state index contributed by atoms with van der Waals surface area (Å²) in [6.07, 6.45) is 0.358. The summed E-state index contributed by atoms with van der Waals surface area (Å²) in [5.74, 6) is -0.581. The zero-order valence-electron chi connectivity index (χ0n) is 15.8. The summed E-state index contributed by atoms with van der Waals surface area (Å²) in [4.78, 5) is 33.5. The van der Waals surface area contributed by atoms with Crippen LogP contribution in [0.25, 0.3) is 22.6 Å². The fourth-order valence-electron chi connectivity index (χ4n) is 2.79. The van der Waals surface area contributed by atoms with E-state index in [9.17, 15) is 9.59 Å². The van der Waals surface area contributed by atoms with Crippen LogP contribution in [0.5, 0.6) is 0 Å². The first-order valence-corrected chi connectivity index (χ1v) is 9.47. The van der Waals surface area contributed by atoms with Gasteiger partial charge in [-0.25, -0.2) is 14.8 Å². The van der Waals surface area contributed by atoms with Crippen molar-refractivity contribution in [3.8, 4) is 11.5 Å². The third kappa shape index (κ3) is 4.16. The molecule has 0 saturated heterocycles. The summed E-state index contributed by atoms with van der Waals surface area (Å²) < 4.78 is 11.1. The number of rotatable bonds is 5. The summed E-state index contributed by atoms with van der Waals surface area (Å²) in [7, 11) is 0. The summed E-state index contributed by atoms with van der Waals surface area (Å²) >= 11 is 5.78. The van der Waals surface area contributed by atoms with Crippen LogP contribution in [0.1, 0.15) is 17.3 Å². The summed E-state index contributed by atoms with van der Waals surface area (Å²) in [5, 5.41) is 3.02. The number of anilines is 1. The number of oxazole rings is 1. The molecule has 7 nitrogen and oxygen atoms in total. The van der Waals surface area contributed by atoms with Gasteiger partial charge in [-0.2, -0.15) is 0 Å². The fourth-order valence-corrected chi connectivity index (χ4v) is 2.90. The number of carbonyl (C=O) groups is 2. The number of para-hydroxylation sites is 2. The van der Waals surface area contributed by atoms with Gasteiger partial charge in [-0.1, -0.05) is 35.9 Å². The van der Waals surface area contributed by atoms with Crippen molar-refractivity contribution in [2.45, 2.75) is 13.0 Å². The average Bonchev–Trinajstić information content (AvgIpc) is 3.19. The Labute approximate surface area is 176 Å². The lowest BCUT2D eigenvalue weighted by molar-refractivity contribution is -0.123. The number of nitrogens with one attached hydrogen (secondary N) is 1. The number of hydrogen-bond donors (Lipinski definition) is 1. The lowest BCUT2D eigenvalue weighted by atomic mass is 10.1. The van der Waals surface area contributed by atoms with Crippen LogP contribution in [-0.2, 0) is 9.53 Å². The lowest BCUT2D eigenvalue weighted by Crippen LogP contribution is -2.30. The van der Waals surface area contributed by atoms with Gasteiger partial charge >= 0.3 is 5.97 Å².